The Bertz CT molecular complexity index is 1580. The molecule has 1 aromatic heterocycles. The van der Waals surface area contributed by atoms with Crippen LogP contribution >= 0.6 is 0 Å². The summed E-state index contributed by atoms with van der Waals surface area (Å²) in [6.07, 6.45) is 0.973. The topological polar surface area (TPSA) is 118 Å². The van der Waals surface area contributed by atoms with E-state index in [1.54, 1.807) is 26.4 Å². The molecule has 2 aromatic carbocycles. The smallest absolute Gasteiger partial charge is 0.338 e. The minimum absolute atomic E-state index is 0.0262. The van der Waals surface area contributed by atoms with Crippen molar-refractivity contribution in [1.29, 1.82) is 0 Å². The minimum atomic E-state index is -0.676. The minimum Gasteiger partial charge on any atom is -0.497 e. The van der Waals surface area contributed by atoms with Crippen molar-refractivity contribution in [2.24, 2.45) is 17.8 Å². The SMILES string of the molecule is CC[C@@H]1CN2C[C@H]3C[C@@H](OC(=O)c4cc(OC)c(OC)c(OC)c4)[C@H](OC)[C@@H](C(=O)OC)[C@H]3C[C@@H]2c2[nH]c3ccc(OC)cc3c21. The molecule has 2 aliphatic heterocycles. The van der Waals surface area contributed by atoms with Gasteiger partial charge in [-0.3, -0.25) is 9.69 Å². The Morgan fingerprint density at radius 3 is 2.26 bits per heavy atom. The fourth-order valence-corrected chi connectivity index (χ4v) is 8.27. The van der Waals surface area contributed by atoms with Crippen molar-refractivity contribution in [1.82, 2.24) is 9.88 Å². The van der Waals surface area contributed by atoms with Crippen LogP contribution in [-0.2, 0) is 19.0 Å². The standard InChI is InChI=1S/C35H44N2O9/c1-8-18-16-37-17-20-13-28(46-34(38)19-11-26(41-3)32(43-5)27(12-19)42-4)33(44-6)30(35(39)45-7)22(20)15-25(37)31-29(18)23-14-21(40-2)9-10-24(23)36-31/h9-12,14,18,20,22,25,28,30,33,36H,8,13,15-17H2,1-7H3/t18-,20-,22+,25-,28-,30+,33+/m1/s1. The lowest BCUT2D eigenvalue weighted by Crippen LogP contribution is -2.58. The van der Waals surface area contributed by atoms with Crippen molar-refractivity contribution in [3.05, 3.63) is 47.2 Å². The molecule has 46 heavy (non-hydrogen) atoms. The highest BCUT2D eigenvalue weighted by Gasteiger charge is 2.55. The predicted octanol–water partition coefficient (Wildman–Crippen LogP) is 5.12. The number of aromatic nitrogens is 1. The van der Waals surface area contributed by atoms with Crippen LogP contribution in [0.3, 0.4) is 0 Å². The number of H-pyrrole nitrogens is 1. The Balaban J connectivity index is 1.32. The van der Waals surface area contributed by atoms with Crippen molar-refractivity contribution in [3.63, 3.8) is 0 Å². The zero-order chi connectivity index (χ0) is 32.7. The van der Waals surface area contributed by atoms with Crippen molar-refractivity contribution in [2.45, 2.75) is 50.4 Å². The van der Waals surface area contributed by atoms with Gasteiger partial charge in [0.25, 0.3) is 0 Å². The van der Waals surface area contributed by atoms with Crippen LogP contribution in [0.4, 0.5) is 0 Å². The van der Waals surface area contributed by atoms with Gasteiger partial charge in [0.2, 0.25) is 5.75 Å². The molecule has 1 saturated heterocycles. The maximum atomic E-state index is 13.6. The van der Waals surface area contributed by atoms with E-state index in [0.29, 0.717) is 29.6 Å². The monoisotopic (exact) mass is 636 g/mol. The lowest BCUT2D eigenvalue weighted by atomic mass is 9.63. The Hall–Kier alpha value is -3.96. The summed E-state index contributed by atoms with van der Waals surface area (Å²) in [7, 11) is 9.14. The highest BCUT2D eigenvalue weighted by molar-refractivity contribution is 5.91. The number of nitrogens with zero attached hydrogens (tertiary/aromatic N) is 1. The summed E-state index contributed by atoms with van der Waals surface area (Å²) in [6, 6.07) is 9.43. The number of carbonyl (C=O) groups is 2. The summed E-state index contributed by atoms with van der Waals surface area (Å²) in [4.78, 5) is 33.4. The van der Waals surface area contributed by atoms with Crippen LogP contribution in [0.5, 0.6) is 23.0 Å². The molecule has 11 heteroatoms. The third kappa shape index (κ3) is 5.33. The van der Waals surface area contributed by atoms with E-state index in [2.05, 4.69) is 28.9 Å². The first-order valence-electron chi connectivity index (χ1n) is 15.9. The van der Waals surface area contributed by atoms with Gasteiger partial charge in [-0.1, -0.05) is 6.92 Å². The maximum absolute atomic E-state index is 13.6. The predicted molar refractivity (Wildman–Crippen MR) is 170 cm³/mol. The Morgan fingerprint density at radius 2 is 1.65 bits per heavy atom. The second kappa shape index (κ2) is 13.0. The molecule has 1 N–H and O–H groups in total. The number of carbonyl (C=O) groups excluding carboxylic acids is 2. The Morgan fingerprint density at radius 1 is 0.913 bits per heavy atom. The Labute approximate surface area is 269 Å². The number of esters is 2. The summed E-state index contributed by atoms with van der Waals surface area (Å²) in [5.41, 5.74) is 3.90. The molecule has 3 heterocycles. The molecule has 1 saturated carbocycles. The van der Waals surface area contributed by atoms with Gasteiger partial charge in [-0.05, 0) is 72.9 Å². The van der Waals surface area contributed by atoms with Gasteiger partial charge in [-0.25, -0.2) is 4.79 Å². The van der Waals surface area contributed by atoms with Crippen LogP contribution in [0.25, 0.3) is 10.9 Å². The molecule has 0 amide bonds. The average Bonchev–Trinajstić information content (AvgIpc) is 3.47. The first kappa shape index (κ1) is 32.0. The van der Waals surface area contributed by atoms with E-state index in [9.17, 15) is 9.59 Å². The van der Waals surface area contributed by atoms with Gasteiger partial charge in [-0.15, -0.1) is 0 Å². The zero-order valence-electron chi connectivity index (χ0n) is 27.6. The third-order valence-corrected chi connectivity index (χ3v) is 10.4. The molecule has 7 atom stereocenters. The summed E-state index contributed by atoms with van der Waals surface area (Å²) < 4.78 is 39.4. The van der Waals surface area contributed by atoms with Gasteiger partial charge in [0.05, 0.1) is 53.1 Å². The first-order chi connectivity index (χ1) is 22.3. The number of piperidine rings is 1. The molecular weight excluding hydrogens is 592 g/mol. The summed E-state index contributed by atoms with van der Waals surface area (Å²) in [6.45, 7) is 3.91. The molecule has 11 nitrogen and oxygen atoms in total. The molecule has 0 unspecified atom stereocenters. The van der Waals surface area contributed by atoms with Crippen LogP contribution in [-0.4, -0.2) is 89.8 Å². The van der Waals surface area contributed by atoms with Crippen LogP contribution in [0, 0.1) is 17.8 Å². The molecule has 3 aliphatic rings. The number of benzene rings is 2. The number of ether oxygens (including phenoxy) is 7. The zero-order valence-corrected chi connectivity index (χ0v) is 27.6. The maximum Gasteiger partial charge on any atom is 0.338 e. The van der Waals surface area contributed by atoms with Crippen molar-refractivity contribution in [2.75, 3.05) is 55.7 Å². The van der Waals surface area contributed by atoms with Crippen LogP contribution in [0.2, 0.25) is 0 Å². The van der Waals surface area contributed by atoms with E-state index in [0.717, 1.165) is 37.2 Å². The molecule has 6 rings (SSSR count). The fraction of sp³-hybridized carbons (Fsp3) is 0.543. The molecule has 0 bridgehead atoms. The van der Waals surface area contributed by atoms with E-state index in [1.165, 1.54) is 45.1 Å². The largest absolute Gasteiger partial charge is 0.497 e. The number of methoxy groups -OCH3 is 6. The molecule has 0 spiro atoms. The van der Waals surface area contributed by atoms with Gasteiger partial charge < -0.3 is 38.1 Å². The highest BCUT2D eigenvalue weighted by Crippen LogP contribution is 2.53. The summed E-state index contributed by atoms with van der Waals surface area (Å²) in [5.74, 6) is 0.793. The molecule has 0 radical (unpaired) electrons. The fourth-order valence-electron chi connectivity index (χ4n) is 8.27. The molecule has 3 aromatic rings. The number of hydrogen-bond acceptors (Lipinski definition) is 10. The van der Waals surface area contributed by atoms with E-state index in [-0.39, 0.29) is 29.4 Å². The van der Waals surface area contributed by atoms with Gasteiger partial charge in [0, 0.05) is 36.8 Å². The average molecular weight is 637 g/mol. The van der Waals surface area contributed by atoms with Crippen LogP contribution in [0.15, 0.2) is 30.3 Å². The third-order valence-electron chi connectivity index (χ3n) is 10.4. The number of hydrogen-bond donors (Lipinski definition) is 1. The van der Waals surface area contributed by atoms with Crippen molar-refractivity contribution in [3.8, 4) is 23.0 Å². The number of nitrogens with one attached hydrogen (secondary N) is 1. The van der Waals surface area contributed by atoms with Crippen LogP contribution < -0.4 is 18.9 Å². The van der Waals surface area contributed by atoms with Gasteiger partial charge in [0.1, 0.15) is 18.0 Å². The second-order valence-corrected chi connectivity index (χ2v) is 12.4. The van der Waals surface area contributed by atoms with Crippen LogP contribution in [0.1, 0.15) is 59.8 Å². The summed E-state index contributed by atoms with van der Waals surface area (Å²) in [5, 5.41) is 1.20. The van der Waals surface area contributed by atoms with Gasteiger partial charge >= 0.3 is 11.9 Å². The lowest BCUT2D eigenvalue weighted by Gasteiger charge is -2.53. The number of fused-ring (bicyclic) bond motifs is 6. The van der Waals surface area contributed by atoms with Gasteiger partial charge in [0.15, 0.2) is 11.5 Å². The Kier molecular flexibility index (Phi) is 9.07. The van der Waals surface area contributed by atoms with E-state index >= 15 is 0 Å². The molecule has 248 valence electrons. The highest BCUT2D eigenvalue weighted by atomic mass is 16.6. The van der Waals surface area contributed by atoms with E-state index in [1.807, 2.05) is 6.07 Å². The summed E-state index contributed by atoms with van der Waals surface area (Å²) >= 11 is 0. The van der Waals surface area contributed by atoms with Crippen molar-refractivity contribution < 1.29 is 42.7 Å². The number of aromatic amines is 1. The quantitative estimate of drug-likeness (QED) is 0.317. The molecular formula is C35H44N2O9. The normalized spacial score (nSPS) is 27.2. The van der Waals surface area contributed by atoms with Crippen molar-refractivity contribution >= 4 is 22.8 Å². The van der Waals surface area contributed by atoms with E-state index < -0.39 is 24.1 Å². The first-order valence-corrected chi connectivity index (χ1v) is 15.9. The lowest BCUT2D eigenvalue weighted by molar-refractivity contribution is -0.176. The van der Waals surface area contributed by atoms with E-state index in [4.69, 9.17) is 33.2 Å². The second-order valence-electron chi connectivity index (χ2n) is 12.4. The molecule has 2 fully saturated rings. The van der Waals surface area contributed by atoms with Gasteiger partial charge in [-0.2, -0.15) is 0 Å². The molecule has 1 aliphatic carbocycles. The number of rotatable bonds is 9.